The first kappa shape index (κ1) is 14.5. The van der Waals surface area contributed by atoms with E-state index >= 15 is 0 Å². The fraction of sp³-hybridized carbons (Fsp3) is 0.588. The minimum atomic E-state index is -0.173. The topological polar surface area (TPSA) is 35.6 Å². The first-order chi connectivity index (χ1) is 10.2. The average molecular weight is 287 g/mol. The third-order valence-corrected chi connectivity index (χ3v) is 4.65. The number of benzene rings is 1. The summed E-state index contributed by atoms with van der Waals surface area (Å²) in [6.07, 6.45) is 3.39. The lowest BCUT2D eigenvalue weighted by molar-refractivity contribution is -0.132. The van der Waals surface area contributed by atoms with Gasteiger partial charge in [0.2, 0.25) is 5.91 Å². The molecule has 21 heavy (non-hydrogen) atoms. The van der Waals surface area contributed by atoms with Gasteiger partial charge in [0.1, 0.15) is 6.04 Å². The van der Waals surface area contributed by atoms with Gasteiger partial charge in [-0.15, -0.1) is 0 Å². The molecule has 2 fully saturated rings. The van der Waals surface area contributed by atoms with Crippen LogP contribution < -0.4 is 5.32 Å². The number of likely N-dealkylation sites (tertiary alicyclic amines) is 1. The maximum Gasteiger partial charge on any atom is 0.245 e. The molecule has 0 aliphatic carbocycles. The fourth-order valence-corrected chi connectivity index (χ4v) is 3.60. The quantitative estimate of drug-likeness (QED) is 0.920. The van der Waals surface area contributed by atoms with E-state index in [9.17, 15) is 4.79 Å². The van der Waals surface area contributed by atoms with Gasteiger partial charge in [0.25, 0.3) is 0 Å². The van der Waals surface area contributed by atoms with Crippen LogP contribution in [0, 0.1) is 0 Å². The molecule has 0 spiro atoms. The molecule has 1 aromatic rings. The maximum atomic E-state index is 12.9. The number of amides is 1. The molecule has 3 unspecified atom stereocenters. The molecular formula is C17H25N3O. The molecule has 0 radical (unpaired) electrons. The van der Waals surface area contributed by atoms with Gasteiger partial charge in [-0.1, -0.05) is 43.7 Å². The normalized spacial score (nSPS) is 30.3. The van der Waals surface area contributed by atoms with Crippen LogP contribution in [0.3, 0.4) is 0 Å². The Morgan fingerprint density at radius 3 is 2.67 bits per heavy atom. The van der Waals surface area contributed by atoms with E-state index in [0.717, 1.165) is 37.9 Å². The highest BCUT2D eigenvalue weighted by Gasteiger charge is 2.43. The van der Waals surface area contributed by atoms with Gasteiger partial charge in [-0.2, -0.15) is 0 Å². The zero-order chi connectivity index (χ0) is 14.8. The smallest absolute Gasteiger partial charge is 0.245 e. The van der Waals surface area contributed by atoms with E-state index in [1.807, 2.05) is 30.3 Å². The zero-order valence-electron chi connectivity index (χ0n) is 13.0. The summed E-state index contributed by atoms with van der Waals surface area (Å²) in [4.78, 5) is 17.4. The number of rotatable bonds is 4. The Kier molecular flexibility index (Phi) is 4.27. The Labute approximate surface area is 127 Å². The summed E-state index contributed by atoms with van der Waals surface area (Å²) >= 11 is 0. The summed E-state index contributed by atoms with van der Waals surface area (Å²) in [6.45, 7) is 4.26. The van der Waals surface area contributed by atoms with Crippen molar-refractivity contribution < 1.29 is 4.79 Å². The number of nitrogens with one attached hydrogen (secondary N) is 1. The number of hydrogen-bond acceptors (Lipinski definition) is 3. The molecule has 1 amide bonds. The molecule has 2 heterocycles. The van der Waals surface area contributed by atoms with Gasteiger partial charge in [0.15, 0.2) is 0 Å². The molecule has 2 aliphatic heterocycles. The van der Waals surface area contributed by atoms with Gasteiger partial charge in [0, 0.05) is 12.6 Å². The van der Waals surface area contributed by atoms with Crippen molar-refractivity contribution in [1.82, 2.24) is 15.1 Å². The largest absolute Gasteiger partial charge is 0.321 e. The molecule has 0 aromatic heterocycles. The molecule has 0 saturated carbocycles. The third kappa shape index (κ3) is 2.83. The van der Waals surface area contributed by atoms with Crippen LogP contribution in [0.25, 0.3) is 0 Å². The predicted molar refractivity (Wildman–Crippen MR) is 83.8 cm³/mol. The lowest BCUT2D eigenvalue weighted by atomic mass is 10.1. The van der Waals surface area contributed by atoms with Crippen LogP contribution in [-0.2, 0) is 4.79 Å². The molecule has 114 valence electrons. The Hall–Kier alpha value is -1.39. The molecule has 2 saturated heterocycles. The Bertz CT molecular complexity index is 490. The van der Waals surface area contributed by atoms with E-state index in [4.69, 9.17) is 0 Å². The zero-order valence-corrected chi connectivity index (χ0v) is 13.0. The minimum Gasteiger partial charge on any atom is -0.321 e. The van der Waals surface area contributed by atoms with Crippen molar-refractivity contribution in [3.63, 3.8) is 0 Å². The highest BCUT2D eigenvalue weighted by molar-refractivity contribution is 5.86. The molecule has 1 N–H and O–H groups in total. The lowest BCUT2D eigenvalue weighted by Gasteiger charge is -2.30. The number of hydrogen-bond donors (Lipinski definition) is 1. The second-order valence-corrected chi connectivity index (χ2v) is 6.27. The molecule has 3 rings (SSSR count). The fourth-order valence-electron chi connectivity index (χ4n) is 3.60. The van der Waals surface area contributed by atoms with Crippen LogP contribution >= 0.6 is 0 Å². The number of likely N-dealkylation sites (N-methyl/N-ethyl adjacent to an activating group) is 1. The van der Waals surface area contributed by atoms with Crippen LogP contribution in [0.5, 0.6) is 0 Å². The van der Waals surface area contributed by atoms with Crippen molar-refractivity contribution in [3.8, 4) is 0 Å². The summed E-state index contributed by atoms with van der Waals surface area (Å²) in [5.41, 5.74) is 1.08. The van der Waals surface area contributed by atoms with E-state index in [0.29, 0.717) is 6.04 Å². The van der Waals surface area contributed by atoms with Crippen molar-refractivity contribution in [3.05, 3.63) is 35.9 Å². The van der Waals surface area contributed by atoms with Crippen molar-refractivity contribution >= 4 is 5.91 Å². The Balaban J connectivity index is 1.82. The maximum absolute atomic E-state index is 12.9. The lowest BCUT2D eigenvalue weighted by Crippen LogP contribution is -2.45. The van der Waals surface area contributed by atoms with E-state index in [1.54, 1.807) is 0 Å². The van der Waals surface area contributed by atoms with Gasteiger partial charge in [0.05, 0.1) is 6.17 Å². The van der Waals surface area contributed by atoms with Gasteiger partial charge in [-0.05, 0) is 32.0 Å². The summed E-state index contributed by atoms with van der Waals surface area (Å²) < 4.78 is 0. The van der Waals surface area contributed by atoms with Gasteiger partial charge < -0.3 is 9.80 Å². The monoisotopic (exact) mass is 287 g/mol. The third-order valence-electron chi connectivity index (χ3n) is 4.65. The van der Waals surface area contributed by atoms with Gasteiger partial charge in [-0.25, -0.2) is 0 Å². The molecule has 0 bridgehead atoms. The van der Waals surface area contributed by atoms with Crippen molar-refractivity contribution in [2.45, 2.75) is 44.4 Å². The van der Waals surface area contributed by atoms with Crippen LogP contribution in [0.2, 0.25) is 0 Å². The van der Waals surface area contributed by atoms with Crippen LogP contribution in [-0.4, -0.2) is 48.1 Å². The predicted octanol–water partition coefficient (Wildman–Crippen LogP) is 1.99. The van der Waals surface area contributed by atoms with Crippen molar-refractivity contribution in [1.29, 1.82) is 0 Å². The van der Waals surface area contributed by atoms with Crippen LogP contribution in [0.15, 0.2) is 30.3 Å². The average Bonchev–Trinajstić information content (AvgIpc) is 3.04. The molecule has 4 heteroatoms. The van der Waals surface area contributed by atoms with E-state index in [-0.39, 0.29) is 18.1 Å². The molecule has 1 aromatic carbocycles. The van der Waals surface area contributed by atoms with Crippen LogP contribution in [0.1, 0.15) is 37.8 Å². The number of nitrogens with zero attached hydrogens (tertiary/aromatic N) is 2. The summed E-state index contributed by atoms with van der Waals surface area (Å²) in [7, 11) is 2.14. The molecule has 4 nitrogen and oxygen atoms in total. The molecular weight excluding hydrogens is 262 g/mol. The summed E-state index contributed by atoms with van der Waals surface area (Å²) in [5, 5.41) is 3.56. The van der Waals surface area contributed by atoms with Crippen molar-refractivity contribution in [2.75, 3.05) is 20.1 Å². The van der Waals surface area contributed by atoms with Crippen LogP contribution in [0.4, 0.5) is 0 Å². The summed E-state index contributed by atoms with van der Waals surface area (Å²) in [6, 6.07) is 10.3. The second kappa shape index (κ2) is 6.16. The van der Waals surface area contributed by atoms with E-state index in [1.165, 1.54) is 0 Å². The summed E-state index contributed by atoms with van der Waals surface area (Å²) in [5.74, 6) is 0.250. The first-order valence-electron chi connectivity index (χ1n) is 8.02. The highest BCUT2D eigenvalue weighted by atomic mass is 16.2. The standard InChI is InChI=1S/C17H25N3O/c1-3-7-15-18-16(13-8-5-4-6-9-13)17(21)20(15)14-10-11-19(2)12-14/h4-6,8-9,14-16,18H,3,7,10-12H2,1-2H3. The minimum absolute atomic E-state index is 0.173. The number of carbonyl (C=O) groups is 1. The Morgan fingerprint density at radius 2 is 2.05 bits per heavy atom. The highest BCUT2D eigenvalue weighted by Crippen LogP contribution is 2.30. The van der Waals surface area contributed by atoms with Crippen molar-refractivity contribution in [2.24, 2.45) is 0 Å². The Morgan fingerprint density at radius 1 is 1.29 bits per heavy atom. The second-order valence-electron chi connectivity index (χ2n) is 6.27. The van der Waals surface area contributed by atoms with Gasteiger partial charge in [-0.3, -0.25) is 10.1 Å². The number of carbonyl (C=O) groups excluding carboxylic acids is 1. The van der Waals surface area contributed by atoms with E-state index in [2.05, 4.69) is 29.1 Å². The van der Waals surface area contributed by atoms with E-state index < -0.39 is 0 Å². The SMILES string of the molecule is CCCC1NC(c2ccccc2)C(=O)N1C1CCN(C)C1. The first-order valence-corrected chi connectivity index (χ1v) is 8.02. The molecule has 3 atom stereocenters. The van der Waals surface area contributed by atoms with Gasteiger partial charge >= 0.3 is 0 Å². The molecule has 2 aliphatic rings.